The van der Waals surface area contributed by atoms with E-state index in [0.29, 0.717) is 17.9 Å². The molecule has 1 atom stereocenters. The van der Waals surface area contributed by atoms with Crippen LogP contribution in [0.2, 0.25) is 0 Å². The highest BCUT2D eigenvalue weighted by molar-refractivity contribution is 7.90. The summed E-state index contributed by atoms with van der Waals surface area (Å²) in [7, 11) is -1.90. The SMILES string of the molecule is COCc1ocnc1CNS(=O)(=O)C(C)Cc1ccccc1. The largest absolute Gasteiger partial charge is 0.446 e. The minimum absolute atomic E-state index is 0.0939. The quantitative estimate of drug-likeness (QED) is 0.801. The molecule has 1 aromatic heterocycles. The normalized spacial score (nSPS) is 13.2. The average molecular weight is 324 g/mol. The number of hydrogen-bond acceptors (Lipinski definition) is 5. The minimum atomic E-state index is -3.44. The summed E-state index contributed by atoms with van der Waals surface area (Å²) in [5, 5.41) is -0.535. The van der Waals surface area contributed by atoms with Crippen LogP contribution in [-0.4, -0.2) is 25.8 Å². The van der Waals surface area contributed by atoms with E-state index in [9.17, 15) is 8.42 Å². The molecule has 7 heteroatoms. The van der Waals surface area contributed by atoms with E-state index in [1.165, 1.54) is 6.39 Å². The molecule has 2 aromatic rings. The van der Waals surface area contributed by atoms with E-state index in [1.807, 2.05) is 30.3 Å². The first-order chi connectivity index (χ1) is 10.5. The van der Waals surface area contributed by atoms with Gasteiger partial charge in [0.25, 0.3) is 0 Å². The third-order valence-electron chi connectivity index (χ3n) is 3.34. The number of nitrogens with one attached hydrogen (secondary N) is 1. The lowest BCUT2D eigenvalue weighted by atomic mass is 10.1. The molecule has 1 N–H and O–H groups in total. The number of ether oxygens (including phenoxy) is 1. The molecule has 1 unspecified atom stereocenters. The van der Waals surface area contributed by atoms with Crippen molar-refractivity contribution in [2.45, 2.75) is 31.7 Å². The fourth-order valence-corrected chi connectivity index (χ4v) is 3.09. The highest BCUT2D eigenvalue weighted by atomic mass is 32.2. The molecule has 2 rings (SSSR count). The molecule has 1 aromatic carbocycles. The van der Waals surface area contributed by atoms with Gasteiger partial charge in [0.1, 0.15) is 6.61 Å². The summed E-state index contributed by atoms with van der Waals surface area (Å²) in [6.07, 6.45) is 1.74. The number of methoxy groups -OCH3 is 1. The van der Waals surface area contributed by atoms with Gasteiger partial charge in [0.15, 0.2) is 12.2 Å². The summed E-state index contributed by atoms with van der Waals surface area (Å²) >= 11 is 0. The van der Waals surface area contributed by atoms with Crippen LogP contribution in [0.25, 0.3) is 0 Å². The highest BCUT2D eigenvalue weighted by Gasteiger charge is 2.21. The summed E-state index contributed by atoms with van der Waals surface area (Å²) in [6, 6.07) is 9.53. The van der Waals surface area contributed by atoms with Gasteiger partial charge in [-0.2, -0.15) is 0 Å². The second-order valence-corrected chi connectivity index (χ2v) is 7.21. The first kappa shape index (κ1) is 16.7. The van der Waals surface area contributed by atoms with Crippen molar-refractivity contribution >= 4 is 10.0 Å². The molecule has 1 heterocycles. The molecule has 0 fully saturated rings. The summed E-state index contributed by atoms with van der Waals surface area (Å²) < 4.78 is 37.3. The Hall–Kier alpha value is -1.70. The van der Waals surface area contributed by atoms with Crippen molar-refractivity contribution in [3.05, 3.63) is 53.7 Å². The molecule has 0 radical (unpaired) electrons. The van der Waals surface area contributed by atoms with Gasteiger partial charge in [0, 0.05) is 7.11 Å². The molecule has 0 amide bonds. The number of nitrogens with zero attached hydrogens (tertiary/aromatic N) is 1. The lowest BCUT2D eigenvalue weighted by molar-refractivity contribution is 0.163. The number of benzene rings is 1. The molecular formula is C15H20N2O4S. The van der Waals surface area contributed by atoms with Crippen LogP contribution in [0, 0.1) is 0 Å². The number of hydrogen-bond donors (Lipinski definition) is 1. The van der Waals surface area contributed by atoms with Gasteiger partial charge in [-0.3, -0.25) is 0 Å². The number of oxazole rings is 1. The van der Waals surface area contributed by atoms with Crippen LogP contribution in [0.3, 0.4) is 0 Å². The fraction of sp³-hybridized carbons (Fsp3) is 0.400. The van der Waals surface area contributed by atoms with Gasteiger partial charge in [0.05, 0.1) is 17.5 Å². The van der Waals surface area contributed by atoms with Crippen LogP contribution >= 0.6 is 0 Å². The molecule has 0 aliphatic carbocycles. The van der Waals surface area contributed by atoms with Crippen molar-refractivity contribution in [3.63, 3.8) is 0 Å². The van der Waals surface area contributed by atoms with Crippen molar-refractivity contribution in [1.82, 2.24) is 9.71 Å². The van der Waals surface area contributed by atoms with Gasteiger partial charge in [-0.15, -0.1) is 0 Å². The van der Waals surface area contributed by atoms with Crippen molar-refractivity contribution in [3.8, 4) is 0 Å². The maximum Gasteiger partial charge on any atom is 0.214 e. The highest BCUT2D eigenvalue weighted by Crippen LogP contribution is 2.11. The topological polar surface area (TPSA) is 81.4 Å². The first-order valence-corrected chi connectivity index (χ1v) is 8.50. The summed E-state index contributed by atoms with van der Waals surface area (Å²) in [5.74, 6) is 0.529. The smallest absolute Gasteiger partial charge is 0.214 e. The van der Waals surface area contributed by atoms with E-state index < -0.39 is 15.3 Å². The molecular weight excluding hydrogens is 304 g/mol. The second-order valence-electron chi connectivity index (χ2n) is 5.02. The van der Waals surface area contributed by atoms with Crippen LogP contribution in [0.4, 0.5) is 0 Å². The van der Waals surface area contributed by atoms with Crippen LogP contribution in [0.15, 0.2) is 41.1 Å². The Labute approximate surface area is 130 Å². The second kappa shape index (κ2) is 7.53. The van der Waals surface area contributed by atoms with Crippen molar-refractivity contribution in [1.29, 1.82) is 0 Å². The Kier molecular flexibility index (Phi) is 5.70. The number of rotatable bonds is 8. The Morgan fingerprint density at radius 3 is 2.73 bits per heavy atom. The Bertz CT molecular complexity index is 683. The van der Waals surface area contributed by atoms with Crippen molar-refractivity contribution in [2.24, 2.45) is 0 Å². The monoisotopic (exact) mass is 324 g/mol. The van der Waals surface area contributed by atoms with Crippen LogP contribution in [0.1, 0.15) is 23.9 Å². The molecule has 0 aliphatic heterocycles. The van der Waals surface area contributed by atoms with Gasteiger partial charge >= 0.3 is 0 Å². The Morgan fingerprint density at radius 2 is 2.05 bits per heavy atom. The van der Waals surface area contributed by atoms with Crippen LogP contribution < -0.4 is 4.72 Å². The minimum Gasteiger partial charge on any atom is -0.446 e. The number of sulfonamides is 1. The molecule has 0 saturated carbocycles. The summed E-state index contributed by atoms with van der Waals surface area (Å²) in [6.45, 7) is 2.04. The van der Waals surface area contributed by atoms with Gasteiger partial charge in [-0.1, -0.05) is 30.3 Å². The zero-order valence-electron chi connectivity index (χ0n) is 12.7. The van der Waals surface area contributed by atoms with Gasteiger partial charge in [0.2, 0.25) is 10.0 Å². The fourth-order valence-electron chi connectivity index (χ4n) is 2.05. The zero-order chi connectivity index (χ0) is 16.0. The lowest BCUT2D eigenvalue weighted by Crippen LogP contribution is -2.33. The third kappa shape index (κ3) is 4.40. The van der Waals surface area contributed by atoms with Crippen LogP contribution in [-0.2, 0) is 34.3 Å². The molecule has 120 valence electrons. The molecule has 6 nitrogen and oxygen atoms in total. The maximum atomic E-state index is 12.3. The Balaban J connectivity index is 1.97. The van der Waals surface area contributed by atoms with Crippen molar-refractivity contribution < 1.29 is 17.6 Å². The molecule has 0 aliphatic rings. The standard InChI is InChI=1S/C15H20N2O4S/c1-12(8-13-6-4-3-5-7-13)22(18,19)17-9-14-15(10-20-2)21-11-16-14/h3-7,11-12,17H,8-10H2,1-2H3. The predicted octanol–water partition coefficient (Wildman–Crippen LogP) is 1.87. The molecule has 22 heavy (non-hydrogen) atoms. The van der Waals surface area contributed by atoms with Crippen molar-refractivity contribution in [2.75, 3.05) is 7.11 Å². The zero-order valence-corrected chi connectivity index (χ0v) is 13.5. The first-order valence-electron chi connectivity index (χ1n) is 6.95. The van der Waals surface area contributed by atoms with E-state index in [4.69, 9.17) is 9.15 Å². The van der Waals surface area contributed by atoms with E-state index in [1.54, 1.807) is 14.0 Å². The summed E-state index contributed by atoms with van der Waals surface area (Å²) in [5.41, 5.74) is 1.53. The van der Waals surface area contributed by atoms with E-state index >= 15 is 0 Å². The lowest BCUT2D eigenvalue weighted by Gasteiger charge is -2.13. The van der Waals surface area contributed by atoms with E-state index in [0.717, 1.165) is 5.56 Å². The average Bonchev–Trinajstić information content (AvgIpc) is 2.94. The van der Waals surface area contributed by atoms with E-state index in [-0.39, 0.29) is 13.2 Å². The van der Waals surface area contributed by atoms with E-state index in [2.05, 4.69) is 9.71 Å². The predicted molar refractivity (Wildman–Crippen MR) is 82.6 cm³/mol. The Morgan fingerprint density at radius 1 is 1.32 bits per heavy atom. The third-order valence-corrected chi connectivity index (χ3v) is 5.11. The molecule has 0 spiro atoms. The van der Waals surface area contributed by atoms with Gasteiger partial charge in [-0.25, -0.2) is 18.1 Å². The van der Waals surface area contributed by atoms with Gasteiger partial charge in [-0.05, 0) is 18.9 Å². The number of aromatic nitrogens is 1. The van der Waals surface area contributed by atoms with Gasteiger partial charge < -0.3 is 9.15 Å². The maximum absolute atomic E-state index is 12.3. The van der Waals surface area contributed by atoms with Crippen LogP contribution in [0.5, 0.6) is 0 Å². The molecule has 0 bridgehead atoms. The molecule has 0 saturated heterocycles. The summed E-state index contributed by atoms with van der Waals surface area (Å²) in [4.78, 5) is 4.01.